The summed E-state index contributed by atoms with van der Waals surface area (Å²) in [5.41, 5.74) is 8.41. The van der Waals surface area contributed by atoms with E-state index in [-0.39, 0.29) is 28.1 Å². The number of nitrogens with two attached hydrogens (primary N) is 1. The number of thiazole rings is 1. The van der Waals surface area contributed by atoms with E-state index >= 15 is 0 Å². The molecule has 10 nitrogen and oxygen atoms in total. The van der Waals surface area contributed by atoms with E-state index in [9.17, 15) is 13.2 Å². The Morgan fingerprint density at radius 2 is 1.86 bits per heavy atom. The molecule has 0 unspecified atom stereocenters. The van der Waals surface area contributed by atoms with E-state index in [4.69, 9.17) is 10.2 Å². The Labute approximate surface area is 220 Å². The summed E-state index contributed by atoms with van der Waals surface area (Å²) in [5, 5.41) is 10.5. The van der Waals surface area contributed by atoms with Crippen molar-refractivity contribution in [2.45, 2.75) is 38.3 Å². The van der Waals surface area contributed by atoms with Crippen molar-refractivity contribution in [3.05, 3.63) is 81.6 Å². The van der Waals surface area contributed by atoms with E-state index in [1.54, 1.807) is 14.0 Å². The summed E-state index contributed by atoms with van der Waals surface area (Å²) in [6.45, 7) is 5.94. The number of nitrogens with zero attached hydrogens (tertiary/aromatic N) is 4. The maximum Gasteiger partial charge on any atom is 0.254 e. The number of hydrogen-bond donors (Lipinski definition) is 2. The summed E-state index contributed by atoms with van der Waals surface area (Å²) in [4.78, 5) is 18.7. The fraction of sp³-hybridized carbons (Fsp3) is 0.280. The molecule has 0 aliphatic rings. The molecule has 4 rings (SSSR count). The van der Waals surface area contributed by atoms with Crippen molar-refractivity contribution in [2.24, 2.45) is 5.73 Å². The predicted octanol–water partition coefficient (Wildman–Crippen LogP) is 3.70. The Morgan fingerprint density at radius 3 is 2.38 bits per heavy atom. The molecule has 0 aliphatic carbocycles. The minimum atomic E-state index is -3.82. The number of carbonyl (C=O) groups is 1. The topological polar surface area (TPSA) is 144 Å². The number of amides is 1. The van der Waals surface area contributed by atoms with E-state index < -0.39 is 16.1 Å². The normalized spacial score (nSPS) is 11.9. The van der Waals surface area contributed by atoms with Crippen LogP contribution in [0.1, 0.15) is 45.5 Å². The molecular weight excluding hydrogens is 512 g/mol. The van der Waals surface area contributed by atoms with Crippen LogP contribution < -0.4 is 10.5 Å². The molecule has 0 saturated carbocycles. The Hall–Kier alpha value is -3.45. The molecule has 37 heavy (non-hydrogen) atoms. The molecular formula is C25H30N6O4S2. The van der Waals surface area contributed by atoms with Crippen LogP contribution in [0.25, 0.3) is 11.5 Å². The Kier molecular flexibility index (Phi) is 9.27. The van der Waals surface area contributed by atoms with Crippen molar-refractivity contribution in [3.63, 3.8) is 0 Å². The molecule has 0 radical (unpaired) electrons. The highest BCUT2D eigenvalue weighted by molar-refractivity contribution is 7.89. The molecule has 196 valence electrons. The van der Waals surface area contributed by atoms with Crippen molar-refractivity contribution >= 4 is 27.3 Å². The smallest absolute Gasteiger partial charge is 0.254 e. The van der Waals surface area contributed by atoms with Gasteiger partial charge in [-0.1, -0.05) is 35.9 Å². The van der Waals surface area contributed by atoms with Gasteiger partial charge in [0, 0.05) is 29.2 Å². The SMILES string of the molecule is CNS(=O)(=O)c1cc(C(=O)N(C)Cc2nc(C)cs2)cc(-c2nnc([C@H](C)N)o2)c1.Cc1ccccc1. The fourth-order valence-corrected chi connectivity index (χ4v) is 4.78. The third-order valence-corrected chi connectivity index (χ3v) is 7.48. The van der Waals surface area contributed by atoms with E-state index in [1.807, 2.05) is 30.5 Å². The van der Waals surface area contributed by atoms with Gasteiger partial charge in [0.15, 0.2) is 0 Å². The first-order valence-electron chi connectivity index (χ1n) is 11.4. The quantitative estimate of drug-likeness (QED) is 0.360. The standard InChI is InChI=1S/C18H22N6O4S2.C7H8/c1-10-9-29-15(21-10)8-24(4)18(25)13-5-12(6-14(7-13)30(26,27)20-3)17-23-22-16(28-17)11(2)19;1-7-5-3-2-4-6-7/h5-7,9,11,20H,8,19H2,1-4H3;2-6H,1H3/t11-;/m0./s1. The molecule has 0 bridgehead atoms. The molecule has 0 spiro atoms. The molecule has 4 aromatic rings. The van der Waals surface area contributed by atoms with Crippen molar-refractivity contribution in [1.29, 1.82) is 0 Å². The van der Waals surface area contributed by atoms with Crippen LogP contribution in [-0.2, 0) is 16.6 Å². The second kappa shape index (κ2) is 12.2. The van der Waals surface area contributed by atoms with Crippen molar-refractivity contribution in [3.8, 4) is 11.5 Å². The molecule has 2 aromatic carbocycles. The molecule has 0 aliphatic heterocycles. The molecule has 2 heterocycles. The molecule has 1 atom stereocenters. The summed E-state index contributed by atoms with van der Waals surface area (Å²) in [7, 11) is -0.904. The second-order valence-corrected chi connectivity index (χ2v) is 11.2. The van der Waals surface area contributed by atoms with Crippen LogP contribution in [0.2, 0.25) is 0 Å². The van der Waals surface area contributed by atoms with Gasteiger partial charge in [0.25, 0.3) is 5.91 Å². The lowest BCUT2D eigenvalue weighted by Crippen LogP contribution is -2.27. The molecule has 3 N–H and O–H groups in total. The van der Waals surface area contributed by atoms with Crippen molar-refractivity contribution in [1.82, 2.24) is 24.8 Å². The zero-order chi connectivity index (χ0) is 27.2. The monoisotopic (exact) mass is 542 g/mol. The van der Waals surface area contributed by atoms with Gasteiger partial charge in [-0.25, -0.2) is 18.1 Å². The first-order valence-corrected chi connectivity index (χ1v) is 13.7. The molecule has 0 saturated heterocycles. The van der Waals surface area contributed by atoms with Gasteiger partial charge in [-0.05, 0) is 46.0 Å². The Bertz CT molecular complexity index is 1450. The molecule has 12 heteroatoms. The highest BCUT2D eigenvalue weighted by Gasteiger charge is 2.22. The Balaban J connectivity index is 0.000000468. The average molecular weight is 543 g/mol. The summed E-state index contributed by atoms with van der Waals surface area (Å²) in [6.07, 6.45) is 0. The number of nitrogens with one attached hydrogen (secondary N) is 1. The fourth-order valence-electron chi connectivity index (χ4n) is 3.16. The van der Waals surface area contributed by atoms with Crippen LogP contribution in [0.4, 0.5) is 0 Å². The van der Waals surface area contributed by atoms with E-state index in [0.717, 1.165) is 10.7 Å². The van der Waals surface area contributed by atoms with Gasteiger partial charge in [0.2, 0.25) is 21.8 Å². The first-order chi connectivity index (χ1) is 17.5. The van der Waals surface area contributed by atoms with Crippen molar-refractivity contribution in [2.75, 3.05) is 14.1 Å². The van der Waals surface area contributed by atoms with Crippen LogP contribution >= 0.6 is 11.3 Å². The lowest BCUT2D eigenvalue weighted by Gasteiger charge is -2.17. The molecule has 2 aromatic heterocycles. The predicted molar refractivity (Wildman–Crippen MR) is 142 cm³/mol. The van der Waals surface area contributed by atoms with Gasteiger partial charge in [-0.2, -0.15) is 0 Å². The van der Waals surface area contributed by atoms with Gasteiger partial charge < -0.3 is 15.1 Å². The Morgan fingerprint density at radius 1 is 1.16 bits per heavy atom. The summed E-state index contributed by atoms with van der Waals surface area (Å²) < 4.78 is 32.6. The van der Waals surface area contributed by atoms with Crippen molar-refractivity contribution < 1.29 is 17.6 Å². The van der Waals surface area contributed by atoms with Crippen LogP contribution in [0.5, 0.6) is 0 Å². The van der Waals surface area contributed by atoms with E-state index in [2.05, 4.69) is 39.0 Å². The second-order valence-electron chi connectivity index (χ2n) is 8.39. The third-order valence-electron chi connectivity index (χ3n) is 5.14. The number of sulfonamides is 1. The maximum atomic E-state index is 13.0. The minimum Gasteiger partial charge on any atom is -0.419 e. The van der Waals surface area contributed by atoms with Gasteiger partial charge in [-0.15, -0.1) is 21.5 Å². The van der Waals surface area contributed by atoms with Crippen LogP contribution in [0.3, 0.4) is 0 Å². The highest BCUT2D eigenvalue weighted by Crippen LogP contribution is 2.26. The third kappa shape index (κ3) is 7.52. The number of carbonyl (C=O) groups excluding carboxylic acids is 1. The van der Waals surface area contributed by atoms with E-state index in [0.29, 0.717) is 12.1 Å². The van der Waals surface area contributed by atoms with Crippen LogP contribution in [0, 0.1) is 13.8 Å². The molecule has 0 fully saturated rings. The lowest BCUT2D eigenvalue weighted by molar-refractivity contribution is 0.0784. The number of hydrogen-bond acceptors (Lipinski definition) is 9. The van der Waals surface area contributed by atoms with E-state index in [1.165, 1.54) is 47.0 Å². The average Bonchev–Trinajstić information content (AvgIpc) is 3.53. The highest BCUT2D eigenvalue weighted by atomic mass is 32.2. The first kappa shape index (κ1) is 28.1. The zero-order valence-electron chi connectivity index (χ0n) is 21.3. The van der Waals surface area contributed by atoms with Gasteiger partial charge in [-0.3, -0.25) is 4.79 Å². The summed E-state index contributed by atoms with van der Waals surface area (Å²) in [5.74, 6) is -0.0945. The maximum absolute atomic E-state index is 13.0. The summed E-state index contributed by atoms with van der Waals surface area (Å²) in [6, 6.07) is 14.0. The van der Waals surface area contributed by atoms with Gasteiger partial charge >= 0.3 is 0 Å². The summed E-state index contributed by atoms with van der Waals surface area (Å²) >= 11 is 1.45. The van der Waals surface area contributed by atoms with Gasteiger partial charge in [0.05, 0.1) is 17.5 Å². The lowest BCUT2D eigenvalue weighted by atomic mass is 10.1. The largest absolute Gasteiger partial charge is 0.419 e. The number of aromatic nitrogens is 3. The molecule has 1 amide bonds. The zero-order valence-corrected chi connectivity index (χ0v) is 22.9. The minimum absolute atomic E-state index is 0.0719. The van der Waals surface area contributed by atoms with Crippen LogP contribution in [0.15, 0.2) is 63.2 Å². The van der Waals surface area contributed by atoms with Gasteiger partial charge in [0.1, 0.15) is 5.01 Å². The number of benzene rings is 2. The number of rotatable bonds is 7. The van der Waals surface area contributed by atoms with Crippen LogP contribution in [-0.4, -0.2) is 48.5 Å². The number of aryl methyl sites for hydroxylation is 2.